The second-order valence-electron chi connectivity index (χ2n) is 6.67. The maximum absolute atomic E-state index is 12.6. The van der Waals surface area contributed by atoms with Crippen LogP contribution in [0.5, 0.6) is 0 Å². The maximum atomic E-state index is 12.6. The van der Waals surface area contributed by atoms with Crippen LogP contribution in [0.25, 0.3) is 11.0 Å². The van der Waals surface area contributed by atoms with Gasteiger partial charge in [0, 0.05) is 18.6 Å². The third-order valence-corrected chi connectivity index (χ3v) is 5.59. The highest BCUT2D eigenvalue weighted by Gasteiger charge is 2.55. The zero-order valence-corrected chi connectivity index (χ0v) is 14.8. The van der Waals surface area contributed by atoms with E-state index >= 15 is 0 Å². The van der Waals surface area contributed by atoms with Crippen molar-refractivity contribution in [2.24, 2.45) is 5.92 Å². The molecule has 9 heteroatoms. The third-order valence-electron chi connectivity index (χ3n) is 4.89. The highest BCUT2D eigenvalue weighted by molar-refractivity contribution is 7.88. The van der Waals surface area contributed by atoms with Gasteiger partial charge in [0.1, 0.15) is 5.58 Å². The van der Waals surface area contributed by atoms with E-state index in [0.29, 0.717) is 17.6 Å². The smallest absolute Gasteiger partial charge is 0.287 e. The standard InChI is InChI=1S/C17H18N2O6S/c1-26(22,23)19-15-14(10-6-7-24-16(10)15)18-17(21)13-8-11(20)9-4-2-3-5-12(9)25-13/h2-5,8,10,14-16,19H,6-7H2,1H3,(H,18,21)/t10-,14+,15-,16-/m1/s1. The summed E-state index contributed by atoms with van der Waals surface area (Å²) in [6.45, 7) is 0.523. The van der Waals surface area contributed by atoms with Crippen molar-refractivity contribution >= 4 is 26.9 Å². The number of para-hydroxylation sites is 1. The molecule has 0 spiro atoms. The van der Waals surface area contributed by atoms with E-state index < -0.39 is 28.0 Å². The number of rotatable bonds is 4. The summed E-state index contributed by atoms with van der Waals surface area (Å²) < 4.78 is 36.8. The average molecular weight is 378 g/mol. The van der Waals surface area contributed by atoms with Crippen LogP contribution in [0.3, 0.4) is 0 Å². The van der Waals surface area contributed by atoms with Crippen LogP contribution in [0.4, 0.5) is 0 Å². The van der Waals surface area contributed by atoms with Crippen LogP contribution in [-0.4, -0.2) is 45.4 Å². The molecule has 4 atom stereocenters. The molecule has 1 amide bonds. The van der Waals surface area contributed by atoms with Gasteiger partial charge in [-0.1, -0.05) is 12.1 Å². The van der Waals surface area contributed by atoms with Gasteiger partial charge in [0.05, 0.1) is 29.8 Å². The fourth-order valence-corrected chi connectivity index (χ4v) is 4.50. The number of hydrogen-bond acceptors (Lipinski definition) is 6. The highest BCUT2D eigenvalue weighted by Crippen LogP contribution is 2.39. The number of sulfonamides is 1. The molecule has 1 aliphatic heterocycles. The summed E-state index contributed by atoms with van der Waals surface area (Å²) in [6, 6.07) is 6.88. The van der Waals surface area contributed by atoms with Gasteiger partial charge in [-0.2, -0.15) is 0 Å². The van der Waals surface area contributed by atoms with Gasteiger partial charge >= 0.3 is 0 Å². The Kier molecular flexibility index (Phi) is 4.09. The lowest BCUT2D eigenvalue weighted by Gasteiger charge is -2.47. The van der Waals surface area contributed by atoms with E-state index in [1.807, 2.05) is 0 Å². The van der Waals surface area contributed by atoms with E-state index in [1.165, 1.54) is 0 Å². The molecule has 1 aliphatic carbocycles. The molecule has 138 valence electrons. The monoisotopic (exact) mass is 378 g/mol. The first-order valence-corrected chi connectivity index (χ1v) is 10.2. The number of nitrogens with one attached hydrogen (secondary N) is 2. The van der Waals surface area contributed by atoms with Gasteiger partial charge in [-0.3, -0.25) is 9.59 Å². The summed E-state index contributed by atoms with van der Waals surface area (Å²) in [7, 11) is -3.45. The normalized spacial score (nSPS) is 27.7. The lowest BCUT2D eigenvalue weighted by atomic mass is 9.72. The molecular formula is C17H18N2O6S. The predicted molar refractivity (Wildman–Crippen MR) is 93.4 cm³/mol. The van der Waals surface area contributed by atoms with Crippen molar-refractivity contribution in [1.82, 2.24) is 10.0 Å². The maximum Gasteiger partial charge on any atom is 0.287 e. The average Bonchev–Trinajstić information content (AvgIpc) is 3.01. The lowest BCUT2D eigenvalue weighted by molar-refractivity contribution is -0.0196. The summed E-state index contributed by atoms with van der Waals surface area (Å²) in [5.74, 6) is -0.622. The summed E-state index contributed by atoms with van der Waals surface area (Å²) >= 11 is 0. The van der Waals surface area contributed by atoms with Crippen molar-refractivity contribution in [3.05, 3.63) is 46.3 Å². The van der Waals surface area contributed by atoms with Gasteiger partial charge in [0.2, 0.25) is 10.0 Å². The first-order chi connectivity index (χ1) is 12.3. The van der Waals surface area contributed by atoms with Crippen molar-refractivity contribution < 1.29 is 22.4 Å². The number of fused-ring (bicyclic) bond motifs is 2. The molecule has 2 N–H and O–H groups in total. The van der Waals surface area contributed by atoms with E-state index in [4.69, 9.17) is 9.15 Å². The molecule has 4 rings (SSSR count). The molecule has 8 nitrogen and oxygen atoms in total. The number of carbonyl (C=O) groups excluding carboxylic acids is 1. The summed E-state index contributed by atoms with van der Waals surface area (Å²) in [6.07, 6.45) is 1.55. The molecule has 26 heavy (non-hydrogen) atoms. The summed E-state index contributed by atoms with van der Waals surface area (Å²) in [5.41, 5.74) is 0.0187. The first kappa shape index (κ1) is 17.2. The van der Waals surface area contributed by atoms with Crippen LogP contribution in [-0.2, 0) is 14.8 Å². The van der Waals surface area contributed by atoms with E-state index in [2.05, 4.69) is 10.0 Å². The fourth-order valence-electron chi connectivity index (χ4n) is 3.73. The van der Waals surface area contributed by atoms with E-state index in [9.17, 15) is 18.0 Å². The van der Waals surface area contributed by atoms with Gasteiger partial charge in [-0.25, -0.2) is 13.1 Å². The van der Waals surface area contributed by atoms with Crippen LogP contribution in [0.15, 0.2) is 39.5 Å². The molecule has 0 bridgehead atoms. The largest absolute Gasteiger partial charge is 0.451 e. The van der Waals surface area contributed by atoms with Crippen LogP contribution in [0.1, 0.15) is 17.0 Å². The van der Waals surface area contributed by atoms with Crippen LogP contribution >= 0.6 is 0 Å². The van der Waals surface area contributed by atoms with Crippen LogP contribution < -0.4 is 15.5 Å². The molecular weight excluding hydrogens is 360 g/mol. The second-order valence-corrected chi connectivity index (χ2v) is 8.45. The van der Waals surface area contributed by atoms with Crippen molar-refractivity contribution in [3.8, 4) is 0 Å². The Morgan fingerprint density at radius 2 is 2.00 bits per heavy atom. The summed E-state index contributed by atoms with van der Waals surface area (Å²) in [5, 5.41) is 3.19. The third kappa shape index (κ3) is 3.02. The van der Waals surface area contributed by atoms with Crippen molar-refractivity contribution in [3.63, 3.8) is 0 Å². The molecule has 0 radical (unpaired) electrons. The molecule has 2 heterocycles. The molecule has 2 aromatic rings. The first-order valence-electron chi connectivity index (χ1n) is 8.26. The number of benzene rings is 1. The Labute approximate surface area is 149 Å². The van der Waals surface area contributed by atoms with Crippen LogP contribution in [0, 0.1) is 5.92 Å². The SMILES string of the molecule is CS(=O)(=O)N[C@@H]1[C@@H](NC(=O)c2cc(=O)c3ccccc3o2)[C@H]2CCO[C@H]21. The molecule has 0 unspecified atom stereocenters. The number of carbonyl (C=O) groups is 1. The van der Waals surface area contributed by atoms with E-state index in [1.54, 1.807) is 24.3 Å². The Balaban J connectivity index is 1.58. The molecule has 1 aromatic carbocycles. The minimum Gasteiger partial charge on any atom is -0.451 e. The zero-order chi connectivity index (χ0) is 18.5. The van der Waals surface area contributed by atoms with Crippen molar-refractivity contribution in [2.75, 3.05) is 12.9 Å². The molecule has 2 aliphatic rings. The van der Waals surface area contributed by atoms with Gasteiger partial charge in [-0.15, -0.1) is 0 Å². The van der Waals surface area contributed by atoms with Gasteiger partial charge in [-0.05, 0) is 18.6 Å². The molecule has 2 fully saturated rings. The number of amides is 1. The number of hydrogen-bond donors (Lipinski definition) is 2. The molecule has 1 aromatic heterocycles. The lowest BCUT2D eigenvalue weighted by Crippen LogP contribution is -2.70. The zero-order valence-electron chi connectivity index (χ0n) is 14.0. The Morgan fingerprint density at radius 3 is 2.77 bits per heavy atom. The molecule has 1 saturated carbocycles. The Bertz CT molecular complexity index is 1030. The van der Waals surface area contributed by atoms with Crippen molar-refractivity contribution in [2.45, 2.75) is 24.6 Å². The minimum absolute atomic E-state index is 0.0328. The van der Waals surface area contributed by atoms with Gasteiger partial charge in [0.25, 0.3) is 5.91 Å². The number of ether oxygens (including phenoxy) is 1. The highest BCUT2D eigenvalue weighted by atomic mass is 32.2. The Morgan fingerprint density at radius 1 is 1.23 bits per heavy atom. The fraction of sp³-hybridized carbons (Fsp3) is 0.412. The van der Waals surface area contributed by atoms with E-state index in [0.717, 1.165) is 18.7 Å². The quantitative estimate of drug-likeness (QED) is 0.787. The predicted octanol–water partition coefficient (Wildman–Crippen LogP) is 0.228. The van der Waals surface area contributed by atoms with E-state index in [-0.39, 0.29) is 23.2 Å². The second kappa shape index (κ2) is 6.19. The van der Waals surface area contributed by atoms with Crippen molar-refractivity contribution in [1.29, 1.82) is 0 Å². The van der Waals surface area contributed by atoms with Crippen LogP contribution in [0.2, 0.25) is 0 Å². The minimum atomic E-state index is -3.45. The Hall–Kier alpha value is -2.23. The topological polar surface area (TPSA) is 115 Å². The van der Waals surface area contributed by atoms with Gasteiger partial charge < -0.3 is 14.5 Å². The summed E-state index contributed by atoms with van der Waals surface area (Å²) in [4.78, 5) is 24.7. The van der Waals surface area contributed by atoms with Gasteiger partial charge in [0.15, 0.2) is 11.2 Å². The molecule has 1 saturated heterocycles.